The van der Waals surface area contributed by atoms with Crippen molar-refractivity contribution in [2.45, 2.75) is 0 Å². The number of carbonyl (C=O) groups is 1. The highest BCUT2D eigenvalue weighted by Crippen LogP contribution is 2.12. The van der Waals surface area contributed by atoms with E-state index in [2.05, 4.69) is 9.68 Å². The molecule has 0 radical (unpaired) electrons. The first-order valence-electron chi connectivity index (χ1n) is 3.98. The number of hydrogen-bond donors (Lipinski definition) is 0. The van der Waals surface area contributed by atoms with Crippen LogP contribution in [0, 0.1) is 0 Å². The Morgan fingerprint density at radius 1 is 1.21 bits per heavy atom. The van der Waals surface area contributed by atoms with E-state index in [-0.39, 0.29) is 5.78 Å². The van der Waals surface area contributed by atoms with E-state index in [1.165, 1.54) is 12.3 Å². The molecule has 3 nitrogen and oxygen atoms in total. The lowest BCUT2D eigenvalue weighted by molar-refractivity contribution is 0.103. The van der Waals surface area contributed by atoms with Crippen molar-refractivity contribution in [3.05, 3.63) is 52.9 Å². The van der Waals surface area contributed by atoms with Crippen LogP contribution >= 0.6 is 11.6 Å². The molecular weight excluding hydrogens is 202 g/mol. The highest BCUT2D eigenvalue weighted by atomic mass is 35.5. The SMILES string of the molecule is O=C(c1ccc(Cl)cc1)c1ccon1. The Labute approximate surface area is 85.3 Å². The predicted molar refractivity (Wildman–Crippen MR) is 51.4 cm³/mol. The van der Waals surface area contributed by atoms with Gasteiger partial charge in [-0.05, 0) is 24.3 Å². The zero-order chi connectivity index (χ0) is 9.97. The summed E-state index contributed by atoms with van der Waals surface area (Å²) in [7, 11) is 0. The average Bonchev–Trinajstić information content (AvgIpc) is 2.71. The van der Waals surface area contributed by atoms with Gasteiger partial charge in [-0.1, -0.05) is 16.8 Å². The minimum absolute atomic E-state index is 0.171. The molecule has 0 fully saturated rings. The zero-order valence-corrected chi connectivity index (χ0v) is 7.86. The fourth-order valence-electron chi connectivity index (χ4n) is 1.08. The topological polar surface area (TPSA) is 43.1 Å². The van der Waals surface area contributed by atoms with Crippen LogP contribution < -0.4 is 0 Å². The molecule has 1 aromatic carbocycles. The molecule has 0 saturated heterocycles. The Hall–Kier alpha value is -1.61. The molecule has 1 aromatic heterocycles. The molecule has 0 amide bonds. The molecule has 0 aliphatic heterocycles. The van der Waals surface area contributed by atoms with Gasteiger partial charge in [0.1, 0.15) is 6.26 Å². The molecule has 2 rings (SSSR count). The van der Waals surface area contributed by atoms with E-state index in [4.69, 9.17) is 11.6 Å². The van der Waals surface area contributed by atoms with Gasteiger partial charge in [0, 0.05) is 16.7 Å². The van der Waals surface area contributed by atoms with Gasteiger partial charge in [-0.3, -0.25) is 4.79 Å². The van der Waals surface area contributed by atoms with Gasteiger partial charge < -0.3 is 4.52 Å². The van der Waals surface area contributed by atoms with Crippen LogP contribution in [0.3, 0.4) is 0 Å². The molecule has 14 heavy (non-hydrogen) atoms. The van der Waals surface area contributed by atoms with Crippen molar-refractivity contribution in [1.29, 1.82) is 0 Å². The van der Waals surface area contributed by atoms with Crippen molar-refractivity contribution < 1.29 is 9.32 Å². The normalized spacial score (nSPS) is 10.1. The van der Waals surface area contributed by atoms with Crippen LogP contribution in [0.25, 0.3) is 0 Å². The summed E-state index contributed by atoms with van der Waals surface area (Å²) in [6.07, 6.45) is 1.36. The summed E-state index contributed by atoms with van der Waals surface area (Å²) < 4.78 is 4.58. The Balaban J connectivity index is 2.33. The molecule has 0 N–H and O–H groups in total. The van der Waals surface area contributed by atoms with Crippen molar-refractivity contribution in [2.24, 2.45) is 0 Å². The first-order chi connectivity index (χ1) is 6.77. The quantitative estimate of drug-likeness (QED) is 0.711. The standard InChI is InChI=1S/C10H6ClNO2/c11-8-3-1-7(2-4-8)10(13)9-5-6-14-12-9/h1-6H. The molecule has 0 unspecified atom stereocenters. The van der Waals surface area contributed by atoms with Gasteiger partial charge in [-0.15, -0.1) is 0 Å². The van der Waals surface area contributed by atoms with Gasteiger partial charge in [-0.25, -0.2) is 0 Å². The molecule has 1 heterocycles. The third-order valence-corrected chi connectivity index (χ3v) is 2.03. The highest BCUT2D eigenvalue weighted by Gasteiger charge is 2.11. The lowest BCUT2D eigenvalue weighted by atomic mass is 10.1. The Kier molecular flexibility index (Phi) is 2.33. The van der Waals surface area contributed by atoms with Gasteiger partial charge in [0.15, 0.2) is 5.69 Å². The lowest BCUT2D eigenvalue weighted by Gasteiger charge is -1.95. The molecule has 4 heteroatoms. The van der Waals surface area contributed by atoms with Gasteiger partial charge in [-0.2, -0.15) is 0 Å². The molecule has 0 saturated carbocycles. The van der Waals surface area contributed by atoms with Crippen LogP contribution in [0.1, 0.15) is 16.1 Å². The summed E-state index contributed by atoms with van der Waals surface area (Å²) in [6.45, 7) is 0. The number of nitrogens with zero attached hydrogens (tertiary/aromatic N) is 1. The second-order valence-electron chi connectivity index (χ2n) is 2.72. The molecule has 70 valence electrons. The average molecular weight is 208 g/mol. The lowest BCUT2D eigenvalue weighted by Crippen LogP contribution is -2.00. The Morgan fingerprint density at radius 2 is 1.93 bits per heavy atom. The van der Waals surface area contributed by atoms with Crippen molar-refractivity contribution in [3.8, 4) is 0 Å². The number of hydrogen-bond acceptors (Lipinski definition) is 3. The highest BCUT2D eigenvalue weighted by molar-refractivity contribution is 6.30. The summed E-state index contributed by atoms with van der Waals surface area (Å²) in [5.74, 6) is -0.171. The number of halogens is 1. The molecule has 0 atom stereocenters. The number of aromatic nitrogens is 1. The monoisotopic (exact) mass is 207 g/mol. The first-order valence-corrected chi connectivity index (χ1v) is 4.36. The van der Waals surface area contributed by atoms with E-state index in [1.54, 1.807) is 24.3 Å². The van der Waals surface area contributed by atoms with Crippen molar-refractivity contribution in [3.63, 3.8) is 0 Å². The van der Waals surface area contributed by atoms with Crippen LogP contribution in [-0.2, 0) is 0 Å². The Bertz CT molecular complexity index is 434. The predicted octanol–water partition coefficient (Wildman–Crippen LogP) is 2.56. The molecule has 0 bridgehead atoms. The summed E-state index contributed by atoms with van der Waals surface area (Å²) in [6, 6.07) is 8.15. The number of rotatable bonds is 2. The molecule has 0 aliphatic rings. The number of carbonyl (C=O) groups excluding carboxylic acids is 1. The minimum atomic E-state index is -0.171. The summed E-state index contributed by atoms with van der Waals surface area (Å²) >= 11 is 5.70. The van der Waals surface area contributed by atoms with E-state index >= 15 is 0 Å². The van der Waals surface area contributed by atoms with Crippen LogP contribution in [0.5, 0.6) is 0 Å². The maximum Gasteiger partial charge on any atom is 0.214 e. The third kappa shape index (κ3) is 1.67. The Morgan fingerprint density at radius 3 is 2.50 bits per heavy atom. The van der Waals surface area contributed by atoms with Crippen LogP contribution in [0.15, 0.2) is 41.1 Å². The van der Waals surface area contributed by atoms with Gasteiger partial charge >= 0.3 is 0 Å². The summed E-state index contributed by atoms with van der Waals surface area (Å²) in [5, 5.41) is 4.16. The maximum absolute atomic E-state index is 11.7. The first kappa shape index (κ1) is 8.97. The van der Waals surface area contributed by atoms with Gasteiger partial charge in [0.25, 0.3) is 0 Å². The molecule has 2 aromatic rings. The van der Waals surface area contributed by atoms with E-state index in [0.717, 1.165) is 0 Å². The van der Waals surface area contributed by atoms with E-state index in [0.29, 0.717) is 16.3 Å². The fourth-order valence-corrected chi connectivity index (χ4v) is 1.20. The van der Waals surface area contributed by atoms with Crippen LogP contribution in [0.2, 0.25) is 5.02 Å². The largest absolute Gasteiger partial charge is 0.364 e. The summed E-state index contributed by atoms with van der Waals surface area (Å²) in [4.78, 5) is 11.7. The zero-order valence-electron chi connectivity index (χ0n) is 7.11. The van der Waals surface area contributed by atoms with Crippen LogP contribution in [0.4, 0.5) is 0 Å². The van der Waals surface area contributed by atoms with E-state index < -0.39 is 0 Å². The van der Waals surface area contributed by atoms with Crippen LogP contribution in [-0.4, -0.2) is 10.9 Å². The maximum atomic E-state index is 11.7. The minimum Gasteiger partial charge on any atom is -0.364 e. The summed E-state index contributed by atoms with van der Waals surface area (Å²) in [5.41, 5.74) is 0.843. The van der Waals surface area contributed by atoms with Gasteiger partial charge in [0.2, 0.25) is 5.78 Å². The number of benzene rings is 1. The third-order valence-electron chi connectivity index (χ3n) is 1.78. The second-order valence-corrected chi connectivity index (χ2v) is 3.16. The molecule has 0 spiro atoms. The van der Waals surface area contributed by atoms with Gasteiger partial charge in [0.05, 0.1) is 0 Å². The fraction of sp³-hybridized carbons (Fsp3) is 0. The molecule has 0 aliphatic carbocycles. The molecular formula is C10H6ClNO2. The van der Waals surface area contributed by atoms with E-state index in [9.17, 15) is 4.79 Å². The smallest absolute Gasteiger partial charge is 0.214 e. The van der Waals surface area contributed by atoms with E-state index in [1.807, 2.05) is 0 Å². The van der Waals surface area contributed by atoms with Crippen molar-refractivity contribution in [2.75, 3.05) is 0 Å². The van der Waals surface area contributed by atoms with Crippen molar-refractivity contribution >= 4 is 17.4 Å². The second kappa shape index (κ2) is 3.64. The number of ketones is 1. The van der Waals surface area contributed by atoms with Crippen molar-refractivity contribution in [1.82, 2.24) is 5.16 Å².